The van der Waals surface area contributed by atoms with Gasteiger partial charge < -0.3 is 19.3 Å². The molecule has 4 aliphatic heterocycles. The molecule has 0 saturated carbocycles. The van der Waals surface area contributed by atoms with Crippen LogP contribution in [-0.2, 0) is 9.47 Å². The molecule has 0 atom stereocenters. The lowest BCUT2D eigenvalue weighted by atomic mass is 10.0. The lowest BCUT2D eigenvalue weighted by Crippen LogP contribution is -2.26. The van der Waals surface area contributed by atoms with E-state index in [1.54, 1.807) is 13.8 Å². The highest BCUT2D eigenvalue weighted by Crippen LogP contribution is 2.31. The molecule has 0 saturated heterocycles. The number of para-hydroxylation sites is 2. The monoisotopic (exact) mass is 716 g/mol. The zero-order valence-corrected chi connectivity index (χ0v) is 32.1. The van der Waals surface area contributed by atoms with Gasteiger partial charge in [0.05, 0.1) is 34.1 Å². The summed E-state index contributed by atoms with van der Waals surface area (Å²) in [7, 11) is 4.08. The third kappa shape index (κ3) is 6.38. The minimum absolute atomic E-state index is 0.105. The maximum Gasteiger partial charge on any atom is 0.215 e. The van der Waals surface area contributed by atoms with E-state index in [1.165, 1.54) is 0 Å². The normalized spacial score (nSPS) is 17.1. The first-order valence-corrected chi connectivity index (χ1v) is 18.3. The maximum atomic E-state index is 14.5. The first-order valence-electron chi connectivity index (χ1n) is 18.3. The highest BCUT2D eigenvalue weighted by Gasteiger charge is 2.20. The molecule has 4 heterocycles. The van der Waals surface area contributed by atoms with Crippen molar-refractivity contribution >= 4 is 35.0 Å². The summed E-state index contributed by atoms with van der Waals surface area (Å²) in [6.07, 6.45) is 16.3. The number of hydrogen-bond donors (Lipinski definition) is 0. The fourth-order valence-corrected chi connectivity index (χ4v) is 7.42. The van der Waals surface area contributed by atoms with E-state index in [2.05, 4.69) is 70.5 Å². The number of nitrogens with zero attached hydrogens (tertiary/aromatic N) is 4. The number of allylic oxidation sites excluding steroid dienone is 6. The number of ether oxygens (including phenoxy) is 2. The molecule has 0 unspecified atom stereocenters. The molecular formula is C46H44N4O4. The molecule has 0 fully saturated rings. The largest absolute Gasteiger partial charge is 0.493 e. The molecule has 8 nitrogen and oxygen atoms in total. The minimum Gasteiger partial charge on any atom is -0.493 e. The molecule has 0 radical (unpaired) electrons. The van der Waals surface area contributed by atoms with Crippen molar-refractivity contribution in [2.24, 2.45) is 0 Å². The van der Waals surface area contributed by atoms with Crippen LogP contribution in [0.15, 0.2) is 117 Å². The van der Waals surface area contributed by atoms with Crippen LogP contribution in [0.3, 0.4) is 0 Å². The summed E-state index contributed by atoms with van der Waals surface area (Å²) in [5.41, 5.74) is 8.72. The Bertz CT molecular complexity index is 2670. The third-order valence-corrected chi connectivity index (χ3v) is 9.94. The van der Waals surface area contributed by atoms with E-state index in [1.807, 2.05) is 78.2 Å². The van der Waals surface area contributed by atoms with E-state index < -0.39 is 0 Å². The van der Waals surface area contributed by atoms with Crippen molar-refractivity contribution in [2.75, 3.05) is 37.1 Å². The average molecular weight is 717 g/mol. The van der Waals surface area contributed by atoms with Crippen LogP contribution in [0, 0.1) is 35.0 Å². The van der Waals surface area contributed by atoms with Gasteiger partial charge in [0.2, 0.25) is 10.9 Å². The van der Waals surface area contributed by atoms with E-state index in [0.717, 1.165) is 45.0 Å². The predicted molar refractivity (Wildman–Crippen MR) is 218 cm³/mol. The van der Waals surface area contributed by atoms with Gasteiger partial charge in [-0.2, -0.15) is 0 Å². The lowest BCUT2D eigenvalue weighted by molar-refractivity contribution is 0.297. The molecule has 2 aromatic rings. The van der Waals surface area contributed by atoms with E-state index in [0.29, 0.717) is 46.6 Å². The second-order valence-corrected chi connectivity index (χ2v) is 13.7. The summed E-state index contributed by atoms with van der Waals surface area (Å²) in [6, 6.07) is 16.5. The molecule has 0 bridgehead atoms. The van der Waals surface area contributed by atoms with E-state index in [-0.39, 0.29) is 32.0 Å². The molecule has 0 N–H and O–H groups in total. The molecule has 7 rings (SSSR count). The van der Waals surface area contributed by atoms with Gasteiger partial charge in [0.1, 0.15) is 22.2 Å². The molecule has 0 amide bonds. The number of benzene rings is 2. The Balaban J connectivity index is 1.40. The van der Waals surface area contributed by atoms with Gasteiger partial charge >= 0.3 is 0 Å². The highest BCUT2D eigenvalue weighted by molar-refractivity contribution is 5.77. The van der Waals surface area contributed by atoms with Crippen LogP contribution in [-0.4, -0.2) is 37.3 Å². The van der Waals surface area contributed by atoms with Crippen molar-refractivity contribution < 1.29 is 9.47 Å². The Kier molecular flexibility index (Phi) is 9.77. The van der Waals surface area contributed by atoms with Gasteiger partial charge in [-0.25, -0.2) is 9.97 Å². The van der Waals surface area contributed by atoms with Crippen LogP contribution >= 0.6 is 0 Å². The van der Waals surface area contributed by atoms with Gasteiger partial charge in [0.15, 0.2) is 0 Å². The van der Waals surface area contributed by atoms with Gasteiger partial charge in [-0.1, -0.05) is 48.6 Å². The van der Waals surface area contributed by atoms with Crippen molar-refractivity contribution in [1.29, 1.82) is 0 Å². The van der Waals surface area contributed by atoms with Gasteiger partial charge in [0.25, 0.3) is 0 Å². The Morgan fingerprint density at radius 2 is 1.02 bits per heavy atom. The van der Waals surface area contributed by atoms with Crippen LogP contribution in [0.5, 0.6) is 0 Å². The molecular weight excluding hydrogens is 673 g/mol. The highest BCUT2D eigenvalue weighted by atomic mass is 16.5. The molecule has 54 heavy (non-hydrogen) atoms. The predicted octanol–water partition coefficient (Wildman–Crippen LogP) is 6.42. The zero-order valence-electron chi connectivity index (χ0n) is 32.1. The number of likely N-dealkylation sites (N-methyl/N-ethyl adjacent to an activating group) is 2. The fraction of sp³-hybridized carbons (Fsp3) is 0.217. The fourth-order valence-electron chi connectivity index (χ4n) is 7.42. The number of hydrogen-bond acceptors (Lipinski definition) is 8. The maximum absolute atomic E-state index is 14.5. The molecule has 5 aliphatic rings. The summed E-state index contributed by atoms with van der Waals surface area (Å²) >= 11 is 0. The van der Waals surface area contributed by atoms with Crippen LogP contribution in [0.1, 0.15) is 50.2 Å². The third-order valence-electron chi connectivity index (χ3n) is 9.94. The number of aromatic nitrogens is 2. The van der Waals surface area contributed by atoms with Gasteiger partial charge in [0, 0.05) is 48.3 Å². The van der Waals surface area contributed by atoms with Crippen LogP contribution in [0.4, 0.5) is 11.4 Å². The molecule has 0 aromatic heterocycles. The van der Waals surface area contributed by atoms with Gasteiger partial charge in [-0.05, 0) is 112 Å². The van der Waals surface area contributed by atoms with Crippen molar-refractivity contribution in [3.8, 4) is 0 Å². The van der Waals surface area contributed by atoms with Crippen molar-refractivity contribution in [2.45, 2.75) is 41.5 Å². The number of fused-ring (bicyclic) bond motifs is 2. The Hall–Kier alpha value is -6.28. The van der Waals surface area contributed by atoms with Gasteiger partial charge in [-0.15, -0.1) is 0 Å². The minimum atomic E-state index is -0.357. The average Bonchev–Trinajstić information content (AvgIpc) is 3.70. The van der Waals surface area contributed by atoms with Crippen LogP contribution < -0.4 is 31.1 Å². The zero-order chi connectivity index (χ0) is 38.3. The molecule has 8 heteroatoms. The number of aryl methyl sites for hydroxylation is 2. The number of anilines is 2. The quantitative estimate of drug-likeness (QED) is 0.182. The van der Waals surface area contributed by atoms with E-state index in [4.69, 9.17) is 19.4 Å². The topological polar surface area (TPSA) is 84.9 Å². The number of rotatable bonds is 8. The second kappa shape index (κ2) is 14.6. The molecule has 0 spiro atoms. The van der Waals surface area contributed by atoms with Crippen molar-refractivity contribution in [1.82, 2.24) is 9.97 Å². The second-order valence-electron chi connectivity index (χ2n) is 13.7. The Labute approximate surface area is 314 Å². The lowest BCUT2D eigenvalue weighted by Gasteiger charge is -2.26. The smallest absolute Gasteiger partial charge is 0.215 e. The first kappa shape index (κ1) is 36.1. The summed E-state index contributed by atoms with van der Waals surface area (Å²) < 4.78 is 12.4. The standard InChI is InChI=1S/C46H44N4O4/c1-9-53-37(25-27(3)23-33-21-19-31-15-11-13-17-35(31)49(33)7)39-29(5)47-43-41(39)45(51)44-42(46(43)52)40(30(6)48-44)38(54-10-2)26-28(4)24-34-22-20-32-16-12-14-18-36(32)50(34)8/h11-26H,9-10H2,1-8H3. The van der Waals surface area contributed by atoms with Crippen molar-refractivity contribution in [3.63, 3.8) is 0 Å². The summed E-state index contributed by atoms with van der Waals surface area (Å²) in [5, 5.41) is 1.67. The first-order chi connectivity index (χ1) is 26.0. The Morgan fingerprint density at radius 3 is 1.41 bits per heavy atom. The summed E-state index contributed by atoms with van der Waals surface area (Å²) in [4.78, 5) is 42.6. The molecule has 2 aromatic carbocycles. The van der Waals surface area contributed by atoms with E-state index in [9.17, 15) is 9.59 Å². The molecule has 272 valence electrons. The van der Waals surface area contributed by atoms with E-state index >= 15 is 0 Å². The Morgan fingerprint density at radius 1 is 0.630 bits per heavy atom. The van der Waals surface area contributed by atoms with Crippen molar-refractivity contribution in [3.05, 3.63) is 182 Å². The SMILES string of the molecule is CCOC(C=C(C)C=C1C=Cc2ccccc2N1C)=c1c(C)nc2c(=O)c3c(=C(C=C(C)C=C4C=Cc5ccccc5N4C)OCC)c(C)nc=3c(=O)c1=2. The van der Waals surface area contributed by atoms with Crippen LogP contribution in [0.25, 0.3) is 23.7 Å². The molecule has 1 aliphatic carbocycles. The summed E-state index contributed by atoms with van der Waals surface area (Å²) in [5.74, 6) is 0.957. The van der Waals surface area contributed by atoms with Crippen LogP contribution in [0.2, 0.25) is 0 Å². The summed E-state index contributed by atoms with van der Waals surface area (Å²) in [6.45, 7) is 12.1. The van der Waals surface area contributed by atoms with Gasteiger partial charge in [-0.3, -0.25) is 9.59 Å².